The minimum Gasteiger partial charge on any atom is -0.444 e. The van der Waals surface area contributed by atoms with Crippen LogP contribution in [0.1, 0.15) is 18.2 Å². The number of aryl methyl sites for hydroxylation is 1. The van der Waals surface area contributed by atoms with Gasteiger partial charge in [-0.15, -0.1) is 0 Å². The average Bonchev–Trinajstić information content (AvgIpc) is 3.49. The van der Waals surface area contributed by atoms with E-state index in [1.165, 1.54) is 6.33 Å². The molecule has 10 nitrogen and oxygen atoms in total. The van der Waals surface area contributed by atoms with Crippen LogP contribution in [0.15, 0.2) is 65.8 Å². The number of carbonyl (C=O) groups excluding carboxylic acids is 1. The van der Waals surface area contributed by atoms with Gasteiger partial charge in [0.2, 0.25) is 5.89 Å². The number of pyridine rings is 1. The van der Waals surface area contributed by atoms with Crippen LogP contribution in [-0.2, 0) is 12.6 Å². The van der Waals surface area contributed by atoms with Crippen molar-refractivity contribution in [2.45, 2.75) is 19.5 Å². The number of nitrogens with one attached hydrogen (secondary N) is 2. The van der Waals surface area contributed by atoms with Gasteiger partial charge in [-0.1, -0.05) is 19.1 Å². The van der Waals surface area contributed by atoms with Gasteiger partial charge in [0, 0.05) is 23.6 Å². The number of nitrogen functional groups attached to an aromatic ring is 1. The van der Waals surface area contributed by atoms with E-state index in [0.29, 0.717) is 34.6 Å². The summed E-state index contributed by atoms with van der Waals surface area (Å²) in [6.07, 6.45) is 1.79. The van der Waals surface area contributed by atoms with Crippen LogP contribution in [0, 0.1) is 0 Å². The molecule has 0 aliphatic rings. The number of hydrogen-bond acceptors (Lipinski definition) is 7. The summed E-state index contributed by atoms with van der Waals surface area (Å²) in [5.41, 5.74) is 9.05. The summed E-state index contributed by atoms with van der Waals surface area (Å²) in [7, 11) is 0. The van der Waals surface area contributed by atoms with Crippen molar-refractivity contribution in [3.05, 3.63) is 72.6 Å². The number of hydrogen-bond donors (Lipinski definition) is 3. The van der Waals surface area contributed by atoms with Gasteiger partial charge in [0.1, 0.15) is 23.9 Å². The van der Waals surface area contributed by atoms with Crippen molar-refractivity contribution in [3.8, 4) is 22.6 Å². The second-order valence-electron chi connectivity index (χ2n) is 7.94. The van der Waals surface area contributed by atoms with Crippen LogP contribution in [0.25, 0.3) is 28.1 Å². The van der Waals surface area contributed by atoms with Crippen molar-refractivity contribution in [2.24, 2.45) is 0 Å². The molecule has 4 aromatic heterocycles. The van der Waals surface area contributed by atoms with E-state index in [4.69, 9.17) is 10.2 Å². The highest BCUT2D eigenvalue weighted by Crippen LogP contribution is 2.38. The maximum absolute atomic E-state index is 12.9. The Morgan fingerprint density at radius 3 is 2.62 bits per heavy atom. The van der Waals surface area contributed by atoms with E-state index in [-0.39, 0.29) is 11.6 Å². The highest BCUT2D eigenvalue weighted by Gasteiger charge is 2.31. The minimum atomic E-state index is -4.55. The highest BCUT2D eigenvalue weighted by atomic mass is 19.4. The summed E-state index contributed by atoms with van der Waals surface area (Å²) in [4.78, 5) is 24.7. The molecular weight excluding hydrogens is 489 g/mol. The van der Waals surface area contributed by atoms with Crippen LogP contribution in [-0.4, -0.2) is 30.6 Å². The molecule has 0 saturated carbocycles. The van der Waals surface area contributed by atoms with Crippen LogP contribution in [0.2, 0.25) is 0 Å². The third kappa shape index (κ3) is 4.78. The summed E-state index contributed by atoms with van der Waals surface area (Å²) in [5.74, 6) is 0.419. The normalized spacial score (nSPS) is 11.6. The van der Waals surface area contributed by atoms with Gasteiger partial charge in [-0.2, -0.15) is 18.3 Å². The fourth-order valence-corrected chi connectivity index (χ4v) is 3.76. The van der Waals surface area contributed by atoms with Crippen molar-refractivity contribution in [1.29, 1.82) is 0 Å². The molecule has 0 radical (unpaired) electrons. The first-order valence-corrected chi connectivity index (χ1v) is 11.0. The zero-order valence-corrected chi connectivity index (χ0v) is 19.2. The van der Waals surface area contributed by atoms with E-state index in [1.807, 2.05) is 6.92 Å². The van der Waals surface area contributed by atoms with Crippen molar-refractivity contribution < 1.29 is 22.4 Å². The quantitative estimate of drug-likeness (QED) is 0.295. The second-order valence-corrected chi connectivity index (χ2v) is 7.94. The number of alkyl halides is 3. The van der Waals surface area contributed by atoms with Gasteiger partial charge in [0.05, 0.1) is 16.8 Å². The number of fused-ring (bicyclic) bond motifs is 1. The molecule has 5 aromatic rings. The van der Waals surface area contributed by atoms with E-state index in [9.17, 15) is 18.0 Å². The Kier molecular flexibility index (Phi) is 5.95. The molecule has 0 aliphatic carbocycles. The number of nitrogens with zero attached hydrogens (tertiary/aromatic N) is 5. The average molecular weight is 508 g/mol. The molecule has 1 aromatic carbocycles. The number of urea groups is 1. The van der Waals surface area contributed by atoms with Gasteiger partial charge in [0.15, 0.2) is 5.82 Å². The lowest BCUT2D eigenvalue weighted by molar-refractivity contribution is -0.137. The van der Waals surface area contributed by atoms with E-state index in [0.717, 1.165) is 29.6 Å². The standard InChI is InChI=1S/C24H19F3N8O2/c1-2-15-11-37-22(32-15)17-10-35-20(21(28)30-12-31-35)19(17)13-3-5-16(6-4-13)33-23(36)34-18-9-14(7-8-29-18)24(25,26)27/h3-12H,2H2,1H3,(H2,28,30,31)(H2,29,33,34,36). The first-order valence-electron chi connectivity index (χ1n) is 11.0. The van der Waals surface area contributed by atoms with E-state index in [2.05, 4.69) is 30.7 Å². The Balaban J connectivity index is 1.42. The Morgan fingerprint density at radius 2 is 1.92 bits per heavy atom. The van der Waals surface area contributed by atoms with E-state index >= 15 is 0 Å². The van der Waals surface area contributed by atoms with Crippen LogP contribution in [0.4, 0.5) is 35.3 Å². The van der Waals surface area contributed by atoms with Crippen molar-refractivity contribution in [3.63, 3.8) is 0 Å². The molecule has 4 N–H and O–H groups in total. The predicted molar refractivity (Wildman–Crippen MR) is 130 cm³/mol. The molecule has 13 heteroatoms. The summed E-state index contributed by atoms with van der Waals surface area (Å²) in [5, 5.41) is 9.10. The van der Waals surface area contributed by atoms with Gasteiger partial charge in [-0.25, -0.2) is 24.3 Å². The fourth-order valence-electron chi connectivity index (χ4n) is 3.76. The molecule has 188 valence electrons. The third-order valence-corrected chi connectivity index (χ3v) is 5.51. The smallest absolute Gasteiger partial charge is 0.416 e. The highest BCUT2D eigenvalue weighted by molar-refractivity contribution is 6.00. The number of rotatable bonds is 5. The lowest BCUT2D eigenvalue weighted by Crippen LogP contribution is -2.20. The molecule has 0 spiro atoms. The van der Waals surface area contributed by atoms with Crippen LogP contribution < -0.4 is 16.4 Å². The first kappa shape index (κ1) is 23.8. The number of benzene rings is 1. The summed E-state index contributed by atoms with van der Waals surface area (Å²) in [6.45, 7) is 1.97. The molecule has 0 fully saturated rings. The molecule has 0 atom stereocenters. The number of nitrogens with two attached hydrogens (primary N) is 1. The molecule has 4 heterocycles. The van der Waals surface area contributed by atoms with Crippen molar-refractivity contribution in [1.82, 2.24) is 24.6 Å². The summed E-state index contributed by atoms with van der Waals surface area (Å²) in [6, 6.07) is 7.57. The number of halogens is 3. The number of oxazole rings is 1. The topological polar surface area (TPSA) is 136 Å². The molecule has 0 unspecified atom stereocenters. The molecule has 37 heavy (non-hydrogen) atoms. The Labute approximate surface area is 207 Å². The van der Waals surface area contributed by atoms with Gasteiger partial charge >= 0.3 is 12.2 Å². The van der Waals surface area contributed by atoms with Crippen molar-refractivity contribution >= 4 is 28.9 Å². The van der Waals surface area contributed by atoms with Gasteiger partial charge in [-0.05, 0) is 36.2 Å². The maximum atomic E-state index is 12.9. The van der Waals surface area contributed by atoms with Crippen molar-refractivity contribution in [2.75, 3.05) is 16.4 Å². The molecule has 0 bridgehead atoms. The summed E-state index contributed by atoms with van der Waals surface area (Å²) >= 11 is 0. The Morgan fingerprint density at radius 1 is 1.14 bits per heavy atom. The molecule has 0 aliphatic heterocycles. The number of anilines is 3. The first-order chi connectivity index (χ1) is 17.7. The minimum absolute atomic E-state index is 0.235. The zero-order chi connectivity index (χ0) is 26.2. The lowest BCUT2D eigenvalue weighted by Gasteiger charge is -2.10. The Hall–Kier alpha value is -4.94. The zero-order valence-electron chi connectivity index (χ0n) is 19.2. The number of aromatic nitrogens is 5. The van der Waals surface area contributed by atoms with Crippen LogP contribution in [0.5, 0.6) is 0 Å². The van der Waals surface area contributed by atoms with E-state index in [1.54, 1.807) is 41.2 Å². The number of amides is 2. The number of carbonyl (C=O) groups is 1. The lowest BCUT2D eigenvalue weighted by atomic mass is 10.0. The van der Waals surface area contributed by atoms with E-state index < -0.39 is 17.8 Å². The van der Waals surface area contributed by atoms with Gasteiger partial charge in [0.25, 0.3) is 0 Å². The van der Waals surface area contributed by atoms with Crippen LogP contribution >= 0.6 is 0 Å². The molecule has 2 amide bonds. The second kappa shape index (κ2) is 9.26. The Bertz CT molecular complexity index is 1590. The largest absolute Gasteiger partial charge is 0.444 e. The third-order valence-electron chi connectivity index (χ3n) is 5.51. The fraction of sp³-hybridized carbons (Fsp3) is 0.125. The molecule has 0 saturated heterocycles. The summed E-state index contributed by atoms with van der Waals surface area (Å²) < 4.78 is 46.0. The maximum Gasteiger partial charge on any atom is 0.416 e. The van der Waals surface area contributed by atoms with Crippen LogP contribution in [0.3, 0.4) is 0 Å². The monoisotopic (exact) mass is 508 g/mol. The molecule has 5 rings (SSSR count). The van der Waals surface area contributed by atoms with Gasteiger partial charge < -0.3 is 15.5 Å². The predicted octanol–water partition coefficient (Wildman–Crippen LogP) is 5.25. The SMILES string of the molecule is CCc1coc(-c2cn3ncnc(N)c3c2-c2ccc(NC(=O)Nc3cc(C(F)(F)F)ccn3)cc2)n1. The molecular formula is C24H19F3N8O2. The van der Waals surface area contributed by atoms with Gasteiger partial charge in [-0.3, -0.25) is 5.32 Å².